The van der Waals surface area contributed by atoms with Crippen LogP contribution in [0.3, 0.4) is 0 Å². The van der Waals surface area contributed by atoms with Gasteiger partial charge in [0.1, 0.15) is 6.04 Å². The Morgan fingerprint density at radius 1 is 0.906 bits per heavy atom. The van der Waals surface area contributed by atoms with Crippen LogP contribution in [0.2, 0.25) is 5.02 Å². The Bertz CT molecular complexity index is 1010. The Hall–Kier alpha value is -1.93. The monoisotopic (exact) mass is 475 g/mol. The fraction of sp³-hybridized carbons (Fsp3) is 0.458. The molecule has 172 valence electrons. The number of carbonyl (C=O) groups is 1. The van der Waals surface area contributed by atoms with Gasteiger partial charge in [-0.1, -0.05) is 54.1 Å². The molecule has 32 heavy (non-hydrogen) atoms. The van der Waals surface area contributed by atoms with E-state index in [2.05, 4.69) is 16.3 Å². The number of amides is 1. The normalized spacial score (nSPS) is 21.2. The number of halogens is 1. The maximum Gasteiger partial charge on any atom is 0.242 e. The van der Waals surface area contributed by atoms with Gasteiger partial charge in [-0.2, -0.15) is 0 Å². The van der Waals surface area contributed by atoms with Crippen LogP contribution < -0.4 is 5.32 Å². The first-order chi connectivity index (χ1) is 15.4. The molecule has 0 aromatic heterocycles. The predicted octanol–water partition coefficient (Wildman–Crippen LogP) is 3.06. The number of nitrogens with zero attached hydrogens (tertiary/aromatic N) is 2. The minimum atomic E-state index is -3.03. The summed E-state index contributed by atoms with van der Waals surface area (Å²) in [6.45, 7) is 3.20. The van der Waals surface area contributed by atoms with Gasteiger partial charge in [0, 0.05) is 24.7 Å². The van der Waals surface area contributed by atoms with Crippen molar-refractivity contribution in [2.45, 2.75) is 24.9 Å². The molecule has 2 aromatic carbocycles. The Morgan fingerprint density at radius 2 is 1.56 bits per heavy atom. The summed E-state index contributed by atoms with van der Waals surface area (Å²) in [7, 11) is -3.03. The maximum atomic E-state index is 13.5. The standard InChI is InChI=1S/C24H30ClN3O3S/c25-21-10-6-9-20(17-21)22(27-11-4-5-12-27)18-26-24(29)23(19-7-2-1-3-8-19)28-13-15-32(30,31)16-14-28/h1-3,6-10,17,22-23H,4-5,11-16,18H2,(H,26,29). The van der Waals surface area contributed by atoms with Crippen molar-refractivity contribution in [3.8, 4) is 0 Å². The molecule has 0 bridgehead atoms. The highest BCUT2D eigenvalue weighted by Gasteiger charge is 2.33. The van der Waals surface area contributed by atoms with Crippen LogP contribution in [0.25, 0.3) is 0 Å². The lowest BCUT2D eigenvalue weighted by Crippen LogP contribution is -2.48. The molecule has 8 heteroatoms. The molecule has 2 fully saturated rings. The highest BCUT2D eigenvalue weighted by atomic mass is 35.5. The minimum absolute atomic E-state index is 0.0540. The van der Waals surface area contributed by atoms with E-state index in [0.29, 0.717) is 24.7 Å². The zero-order valence-electron chi connectivity index (χ0n) is 18.1. The summed E-state index contributed by atoms with van der Waals surface area (Å²) in [4.78, 5) is 17.9. The van der Waals surface area contributed by atoms with Gasteiger partial charge in [0.25, 0.3) is 0 Å². The molecule has 2 aliphatic rings. The smallest absolute Gasteiger partial charge is 0.242 e. The molecular formula is C24H30ClN3O3S. The van der Waals surface area contributed by atoms with Gasteiger partial charge in [-0.3, -0.25) is 14.6 Å². The van der Waals surface area contributed by atoms with Crippen molar-refractivity contribution in [2.24, 2.45) is 0 Å². The van der Waals surface area contributed by atoms with Gasteiger partial charge in [0.15, 0.2) is 9.84 Å². The van der Waals surface area contributed by atoms with Crippen molar-refractivity contribution < 1.29 is 13.2 Å². The molecule has 0 spiro atoms. The zero-order valence-corrected chi connectivity index (χ0v) is 19.7. The Balaban J connectivity index is 1.52. The van der Waals surface area contributed by atoms with Crippen molar-refractivity contribution >= 4 is 27.3 Å². The fourth-order valence-electron chi connectivity index (χ4n) is 4.67. The number of sulfone groups is 1. The van der Waals surface area contributed by atoms with Crippen LogP contribution in [-0.2, 0) is 14.6 Å². The van der Waals surface area contributed by atoms with Gasteiger partial charge in [-0.25, -0.2) is 8.42 Å². The zero-order chi connectivity index (χ0) is 22.6. The van der Waals surface area contributed by atoms with Gasteiger partial charge in [-0.05, 0) is 49.2 Å². The van der Waals surface area contributed by atoms with Gasteiger partial charge in [-0.15, -0.1) is 0 Å². The second-order valence-electron chi connectivity index (χ2n) is 8.56. The van der Waals surface area contributed by atoms with E-state index >= 15 is 0 Å². The molecule has 2 heterocycles. The van der Waals surface area contributed by atoms with E-state index in [0.717, 1.165) is 37.1 Å². The number of rotatable bonds is 7. The second-order valence-corrected chi connectivity index (χ2v) is 11.3. The van der Waals surface area contributed by atoms with Gasteiger partial charge in [0.2, 0.25) is 5.91 Å². The van der Waals surface area contributed by atoms with Gasteiger partial charge in [0.05, 0.1) is 17.5 Å². The first kappa shape index (κ1) is 23.2. The van der Waals surface area contributed by atoms with Crippen molar-refractivity contribution in [1.29, 1.82) is 0 Å². The molecular weight excluding hydrogens is 446 g/mol. The van der Waals surface area contributed by atoms with Crippen molar-refractivity contribution in [3.05, 3.63) is 70.7 Å². The highest BCUT2D eigenvalue weighted by Crippen LogP contribution is 2.28. The van der Waals surface area contributed by atoms with E-state index in [9.17, 15) is 13.2 Å². The topological polar surface area (TPSA) is 69.7 Å². The van der Waals surface area contributed by atoms with Crippen LogP contribution in [0.5, 0.6) is 0 Å². The van der Waals surface area contributed by atoms with Crippen molar-refractivity contribution in [3.63, 3.8) is 0 Å². The van der Waals surface area contributed by atoms with Crippen LogP contribution in [0.4, 0.5) is 0 Å². The molecule has 4 rings (SSSR count). The van der Waals surface area contributed by atoms with Gasteiger partial charge >= 0.3 is 0 Å². The van der Waals surface area contributed by atoms with E-state index < -0.39 is 15.9 Å². The number of carbonyl (C=O) groups excluding carboxylic acids is 1. The second kappa shape index (κ2) is 10.3. The lowest BCUT2D eigenvalue weighted by atomic mass is 10.0. The average molecular weight is 476 g/mol. The number of hydrogen-bond donors (Lipinski definition) is 1. The quantitative estimate of drug-likeness (QED) is 0.666. The van der Waals surface area contributed by atoms with E-state index in [-0.39, 0.29) is 23.5 Å². The third-order valence-corrected chi connectivity index (χ3v) is 8.24. The van der Waals surface area contributed by atoms with E-state index in [1.807, 2.05) is 53.4 Å². The van der Waals surface area contributed by atoms with E-state index in [1.165, 1.54) is 0 Å². The third kappa shape index (κ3) is 5.70. The summed E-state index contributed by atoms with van der Waals surface area (Å²) >= 11 is 6.25. The Kier molecular flexibility index (Phi) is 7.51. The molecule has 2 aliphatic heterocycles. The van der Waals surface area contributed by atoms with Crippen molar-refractivity contribution in [1.82, 2.24) is 15.1 Å². The summed E-state index contributed by atoms with van der Waals surface area (Å²) in [6, 6.07) is 17.0. The van der Waals surface area contributed by atoms with E-state index in [4.69, 9.17) is 11.6 Å². The summed E-state index contributed by atoms with van der Waals surface area (Å²) in [5.41, 5.74) is 1.98. The summed E-state index contributed by atoms with van der Waals surface area (Å²) in [6.07, 6.45) is 2.31. The molecule has 1 N–H and O–H groups in total. The summed E-state index contributed by atoms with van der Waals surface area (Å²) < 4.78 is 23.9. The Labute approximate surface area is 195 Å². The number of likely N-dealkylation sites (tertiary alicyclic amines) is 1. The van der Waals surface area contributed by atoms with Crippen molar-refractivity contribution in [2.75, 3.05) is 44.2 Å². The average Bonchev–Trinajstić information content (AvgIpc) is 3.31. The molecule has 2 atom stereocenters. The molecule has 0 saturated carbocycles. The van der Waals surface area contributed by atoms with Crippen LogP contribution >= 0.6 is 11.6 Å². The number of nitrogens with one attached hydrogen (secondary N) is 1. The highest BCUT2D eigenvalue weighted by molar-refractivity contribution is 7.91. The van der Waals surface area contributed by atoms with Gasteiger partial charge < -0.3 is 5.32 Å². The number of hydrogen-bond acceptors (Lipinski definition) is 5. The molecule has 0 aliphatic carbocycles. The Morgan fingerprint density at radius 3 is 2.22 bits per heavy atom. The van der Waals surface area contributed by atoms with Crippen LogP contribution in [0.1, 0.15) is 36.1 Å². The lowest BCUT2D eigenvalue weighted by molar-refractivity contribution is -0.127. The molecule has 2 unspecified atom stereocenters. The van der Waals surface area contributed by atoms with E-state index in [1.54, 1.807) is 0 Å². The molecule has 2 aromatic rings. The first-order valence-corrected chi connectivity index (χ1v) is 13.4. The first-order valence-electron chi connectivity index (χ1n) is 11.2. The van der Waals surface area contributed by atoms with Crippen LogP contribution in [0, 0.1) is 0 Å². The molecule has 0 radical (unpaired) electrons. The van der Waals surface area contributed by atoms with Crippen LogP contribution in [-0.4, -0.2) is 68.4 Å². The molecule has 6 nitrogen and oxygen atoms in total. The summed E-state index contributed by atoms with van der Waals surface area (Å²) in [5, 5.41) is 3.87. The third-order valence-electron chi connectivity index (χ3n) is 6.39. The maximum absolute atomic E-state index is 13.5. The largest absolute Gasteiger partial charge is 0.353 e. The summed E-state index contributed by atoms with van der Waals surface area (Å²) in [5.74, 6) is 0.0761. The fourth-order valence-corrected chi connectivity index (χ4v) is 6.10. The predicted molar refractivity (Wildman–Crippen MR) is 127 cm³/mol. The molecule has 2 saturated heterocycles. The molecule has 1 amide bonds. The SMILES string of the molecule is O=C(NCC(c1cccc(Cl)c1)N1CCCC1)C(c1ccccc1)N1CCS(=O)(=O)CC1. The number of benzene rings is 2. The lowest BCUT2D eigenvalue weighted by Gasteiger charge is -2.35. The van der Waals surface area contributed by atoms with Crippen LogP contribution in [0.15, 0.2) is 54.6 Å². The minimum Gasteiger partial charge on any atom is -0.353 e.